The van der Waals surface area contributed by atoms with Gasteiger partial charge in [0.2, 0.25) is 0 Å². The Hall–Kier alpha value is 2.06. The fourth-order valence-corrected chi connectivity index (χ4v) is 0. The third kappa shape index (κ3) is 8.96. The van der Waals surface area contributed by atoms with Crippen molar-refractivity contribution in [2.75, 3.05) is 0 Å². The van der Waals surface area contributed by atoms with E-state index in [1.54, 1.807) is 0 Å². The van der Waals surface area contributed by atoms with Crippen molar-refractivity contribution in [1.82, 2.24) is 0 Å². The first-order valence-electron chi connectivity index (χ1n) is 0. The first kappa shape index (κ1) is 36.5. The summed E-state index contributed by atoms with van der Waals surface area (Å²) < 4.78 is 0. The molecule has 0 aliphatic rings. The van der Waals surface area contributed by atoms with Gasteiger partial charge in [-0.3, -0.25) is 0 Å². The van der Waals surface area contributed by atoms with E-state index in [0.29, 0.717) is 0 Å². The molecule has 0 bridgehead atoms. The van der Waals surface area contributed by atoms with Crippen molar-refractivity contribution < 1.29 is 41.9 Å². The third-order valence-corrected chi connectivity index (χ3v) is 0. The maximum Gasteiger partial charge on any atom is 0 e. The van der Waals surface area contributed by atoms with E-state index in [4.69, 9.17) is 0 Å². The molecule has 0 nitrogen and oxygen atoms in total. The summed E-state index contributed by atoms with van der Waals surface area (Å²) >= 11 is 0. The summed E-state index contributed by atoms with van der Waals surface area (Å²) in [6.07, 6.45) is 0. The second-order valence-electron chi connectivity index (χ2n) is 0. The minimum absolute atomic E-state index is 0. The van der Waals surface area contributed by atoms with Crippen LogP contribution in [-0.4, -0.2) is 0 Å². The topological polar surface area (TPSA) is 0 Å². The van der Waals surface area contributed by atoms with Crippen molar-refractivity contribution in [1.29, 1.82) is 0 Å². The second-order valence-corrected chi connectivity index (χ2v) is 0. The molecule has 0 N–H and O–H groups in total. The van der Waals surface area contributed by atoms with E-state index in [1.807, 2.05) is 0 Å². The van der Waals surface area contributed by atoms with Gasteiger partial charge in [0.05, 0.1) is 0 Å². The van der Waals surface area contributed by atoms with Gasteiger partial charge in [0.1, 0.15) is 0 Å². The number of hydrogen-bond acceptors (Lipinski definition) is 0. The molecule has 0 aliphatic heterocycles. The van der Waals surface area contributed by atoms with Crippen LogP contribution >= 0.6 is 27.0 Å². The fraction of sp³-hybridized carbons (Fsp3) is 0. The molecular formula is H4AuS2Zn. The molecule has 29 valence electrons. The van der Waals surface area contributed by atoms with Crippen LogP contribution in [0.25, 0.3) is 0 Å². The van der Waals surface area contributed by atoms with Crippen LogP contribution in [0.1, 0.15) is 0 Å². The Balaban J connectivity index is 0. The molecule has 0 rings (SSSR count). The molecule has 0 aliphatic carbocycles. The van der Waals surface area contributed by atoms with E-state index in [0.717, 1.165) is 0 Å². The summed E-state index contributed by atoms with van der Waals surface area (Å²) in [5.74, 6) is 0. The molecule has 0 aromatic heterocycles. The smallest absolute Gasteiger partial charge is 0 e. The standard InChI is InChI=1S/Au.2H2S.Zn/h;2*1H2;. The summed E-state index contributed by atoms with van der Waals surface area (Å²) in [5.41, 5.74) is 0. The van der Waals surface area contributed by atoms with E-state index in [-0.39, 0.29) is 68.8 Å². The van der Waals surface area contributed by atoms with Crippen molar-refractivity contribution in [2.45, 2.75) is 0 Å². The van der Waals surface area contributed by atoms with Crippen LogP contribution in [0.5, 0.6) is 0 Å². The zero-order valence-corrected chi connectivity index (χ0v) is 9.14. The first-order valence-corrected chi connectivity index (χ1v) is 0. The van der Waals surface area contributed by atoms with E-state index in [2.05, 4.69) is 0 Å². The number of hydrogen-bond donors (Lipinski definition) is 0. The zero-order valence-electron chi connectivity index (χ0n) is 2.01. The molecule has 0 aromatic carbocycles. The summed E-state index contributed by atoms with van der Waals surface area (Å²) in [6.45, 7) is 0. The Labute approximate surface area is 68.3 Å². The van der Waals surface area contributed by atoms with Gasteiger partial charge in [0.25, 0.3) is 0 Å². The Morgan fingerprint density at radius 1 is 0.750 bits per heavy atom. The molecule has 0 spiro atoms. The van der Waals surface area contributed by atoms with Crippen molar-refractivity contribution in [2.24, 2.45) is 0 Å². The van der Waals surface area contributed by atoms with E-state index in [9.17, 15) is 0 Å². The molecule has 0 saturated heterocycles. The summed E-state index contributed by atoms with van der Waals surface area (Å²) in [6, 6.07) is 0. The van der Waals surface area contributed by atoms with Crippen LogP contribution in [-0.2, 0) is 41.9 Å². The van der Waals surface area contributed by atoms with E-state index >= 15 is 0 Å². The van der Waals surface area contributed by atoms with Crippen molar-refractivity contribution in [3.8, 4) is 0 Å². The van der Waals surface area contributed by atoms with Crippen LogP contribution in [0, 0.1) is 0 Å². The van der Waals surface area contributed by atoms with Gasteiger partial charge in [-0.2, -0.15) is 27.0 Å². The summed E-state index contributed by atoms with van der Waals surface area (Å²) in [5, 5.41) is 0. The van der Waals surface area contributed by atoms with Crippen LogP contribution in [0.4, 0.5) is 0 Å². The monoisotopic (exact) mass is 329 g/mol. The minimum atomic E-state index is 0. The van der Waals surface area contributed by atoms with Gasteiger partial charge in [0.15, 0.2) is 0 Å². The van der Waals surface area contributed by atoms with Crippen LogP contribution < -0.4 is 0 Å². The first-order chi connectivity index (χ1) is 0. The van der Waals surface area contributed by atoms with Gasteiger partial charge in [-0.15, -0.1) is 0 Å². The van der Waals surface area contributed by atoms with Crippen LogP contribution in [0.2, 0.25) is 0 Å². The van der Waals surface area contributed by atoms with E-state index < -0.39 is 0 Å². The maximum atomic E-state index is 0. The van der Waals surface area contributed by atoms with Crippen LogP contribution in [0.15, 0.2) is 0 Å². The molecule has 0 heterocycles. The Morgan fingerprint density at radius 2 is 0.750 bits per heavy atom. The van der Waals surface area contributed by atoms with Crippen molar-refractivity contribution >= 4 is 27.0 Å². The Morgan fingerprint density at radius 3 is 0.750 bits per heavy atom. The van der Waals surface area contributed by atoms with Gasteiger partial charge in [-0.1, -0.05) is 0 Å². The average Bonchev–Trinajstić information content (AvgIpc) is 0. The molecule has 0 unspecified atom stereocenters. The number of rotatable bonds is 0. The molecule has 0 fully saturated rings. The molecule has 0 aromatic rings. The zero-order chi connectivity index (χ0) is 0. The SMILES string of the molecule is S.S.[Au].[Zn]. The average molecular weight is 331 g/mol. The molecule has 1 radical (unpaired) electrons. The van der Waals surface area contributed by atoms with Gasteiger partial charge in [-0.05, 0) is 0 Å². The molecule has 4 heavy (non-hydrogen) atoms. The Bertz CT molecular complexity index is 6.00. The quantitative estimate of drug-likeness (QED) is 0.558. The van der Waals surface area contributed by atoms with Gasteiger partial charge >= 0.3 is 0 Å². The Kier molecular flexibility index (Phi) is 179. The minimum Gasteiger partial charge on any atom is -0.197 e. The summed E-state index contributed by atoms with van der Waals surface area (Å²) in [4.78, 5) is 0. The maximum absolute atomic E-state index is 0. The molecule has 0 atom stereocenters. The summed E-state index contributed by atoms with van der Waals surface area (Å²) in [7, 11) is 0. The predicted molar refractivity (Wildman–Crippen MR) is 20.8 cm³/mol. The van der Waals surface area contributed by atoms with E-state index in [1.165, 1.54) is 0 Å². The second kappa shape index (κ2) is 19.6. The predicted octanol–water partition coefficient (Wildman–Crippen LogP) is 0.221. The third-order valence-electron chi connectivity index (χ3n) is 0. The normalized spacial score (nSPS) is 0. The molecule has 4 heteroatoms. The molecule has 0 amide bonds. The van der Waals surface area contributed by atoms with Crippen molar-refractivity contribution in [3.63, 3.8) is 0 Å². The fourth-order valence-electron chi connectivity index (χ4n) is 0. The molecule has 0 saturated carbocycles. The largest absolute Gasteiger partial charge is 0.197 e. The van der Waals surface area contributed by atoms with Gasteiger partial charge in [0, 0.05) is 41.9 Å². The van der Waals surface area contributed by atoms with Crippen molar-refractivity contribution in [3.05, 3.63) is 0 Å². The van der Waals surface area contributed by atoms with Gasteiger partial charge in [-0.25, -0.2) is 0 Å². The van der Waals surface area contributed by atoms with Gasteiger partial charge < -0.3 is 0 Å². The molecular weight excluding hydrogens is 326 g/mol. The van der Waals surface area contributed by atoms with Crippen LogP contribution in [0.3, 0.4) is 0 Å².